The standard InChI is InChI=1S/C14H21NO4/c1-14(2,7-8-16)9-15-13(18)10-5-4-6-11(19-3)12(10)17/h4-6,16-17H,7-9H2,1-3H3,(H,15,18). The molecule has 0 bridgehead atoms. The molecule has 5 heteroatoms. The van der Waals surface area contributed by atoms with Crippen molar-refractivity contribution < 1.29 is 19.7 Å². The van der Waals surface area contributed by atoms with E-state index in [1.807, 2.05) is 13.8 Å². The summed E-state index contributed by atoms with van der Waals surface area (Å²) >= 11 is 0. The van der Waals surface area contributed by atoms with Crippen molar-refractivity contribution in [2.24, 2.45) is 5.41 Å². The lowest BCUT2D eigenvalue weighted by atomic mass is 9.89. The first-order valence-electron chi connectivity index (χ1n) is 6.16. The van der Waals surface area contributed by atoms with Gasteiger partial charge in [0.1, 0.15) is 0 Å². The molecule has 0 aliphatic heterocycles. The Morgan fingerprint density at radius 2 is 2.11 bits per heavy atom. The summed E-state index contributed by atoms with van der Waals surface area (Å²) in [6.45, 7) is 4.40. The Balaban J connectivity index is 2.74. The maximum Gasteiger partial charge on any atom is 0.255 e. The van der Waals surface area contributed by atoms with Crippen molar-refractivity contribution in [1.29, 1.82) is 0 Å². The Labute approximate surface area is 113 Å². The third-order valence-electron chi connectivity index (χ3n) is 2.98. The van der Waals surface area contributed by atoms with Crippen molar-refractivity contribution in [1.82, 2.24) is 5.32 Å². The third-order valence-corrected chi connectivity index (χ3v) is 2.98. The van der Waals surface area contributed by atoms with Crippen LogP contribution < -0.4 is 10.1 Å². The smallest absolute Gasteiger partial charge is 0.255 e. The van der Waals surface area contributed by atoms with Gasteiger partial charge >= 0.3 is 0 Å². The van der Waals surface area contributed by atoms with Gasteiger partial charge in [-0.3, -0.25) is 4.79 Å². The summed E-state index contributed by atoms with van der Waals surface area (Å²) in [6.07, 6.45) is 0.595. The molecule has 106 valence electrons. The van der Waals surface area contributed by atoms with Crippen molar-refractivity contribution in [2.45, 2.75) is 20.3 Å². The molecule has 0 unspecified atom stereocenters. The van der Waals surface area contributed by atoms with Gasteiger partial charge in [-0.05, 0) is 24.0 Å². The monoisotopic (exact) mass is 267 g/mol. The molecule has 0 aliphatic carbocycles. The molecule has 19 heavy (non-hydrogen) atoms. The van der Waals surface area contributed by atoms with Crippen LogP contribution in [0, 0.1) is 5.41 Å². The number of phenols is 1. The number of rotatable bonds is 6. The summed E-state index contributed by atoms with van der Waals surface area (Å²) in [5.74, 6) is -0.257. The number of methoxy groups -OCH3 is 1. The molecule has 0 aromatic heterocycles. The minimum Gasteiger partial charge on any atom is -0.504 e. The number of para-hydroxylation sites is 1. The number of aliphatic hydroxyl groups is 1. The van der Waals surface area contributed by atoms with Gasteiger partial charge < -0.3 is 20.3 Å². The Hall–Kier alpha value is -1.75. The molecule has 1 rings (SSSR count). The molecule has 0 fully saturated rings. The number of aliphatic hydroxyl groups excluding tert-OH is 1. The zero-order valence-electron chi connectivity index (χ0n) is 11.6. The minimum absolute atomic E-state index is 0.0767. The number of ether oxygens (including phenoxy) is 1. The van der Waals surface area contributed by atoms with Crippen LogP contribution in [0.2, 0.25) is 0 Å². The van der Waals surface area contributed by atoms with Crippen molar-refractivity contribution in [3.63, 3.8) is 0 Å². The number of amides is 1. The van der Waals surface area contributed by atoms with E-state index < -0.39 is 0 Å². The lowest BCUT2D eigenvalue weighted by Crippen LogP contribution is -2.34. The van der Waals surface area contributed by atoms with Gasteiger partial charge in [0.2, 0.25) is 0 Å². The number of aromatic hydroxyl groups is 1. The highest BCUT2D eigenvalue weighted by atomic mass is 16.5. The van der Waals surface area contributed by atoms with Gasteiger partial charge in [-0.25, -0.2) is 0 Å². The average molecular weight is 267 g/mol. The zero-order valence-corrected chi connectivity index (χ0v) is 11.6. The van der Waals surface area contributed by atoms with E-state index in [4.69, 9.17) is 9.84 Å². The van der Waals surface area contributed by atoms with E-state index >= 15 is 0 Å². The van der Waals surface area contributed by atoms with Gasteiger partial charge in [0.15, 0.2) is 11.5 Å². The van der Waals surface area contributed by atoms with Crippen molar-refractivity contribution in [3.05, 3.63) is 23.8 Å². The van der Waals surface area contributed by atoms with Gasteiger partial charge in [0.05, 0.1) is 12.7 Å². The second-order valence-corrected chi connectivity index (χ2v) is 5.18. The topological polar surface area (TPSA) is 78.8 Å². The van der Waals surface area contributed by atoms with Crippen LogP contribution in [0.25, 0.3) is 0 Å². The number of carbonyl (C=O) groups is 1. The van der Waals surface area contributed by atoms with E-state index in [1.165, 1.54) is 13.2 Å². The summed E-state index contributed by atoms with van der Waals surface area (Å²) < 4.78 is 4.96. The Kier molecular flexibility index (Phi) is 5.18. The molecule has 0 radical (unpaired) electrons. The van der Waals surface area contributed by atoms with Crippen LogP contribution in [0.3, 0.4) is 0 Å². The first-order valence-corrected chi connectivity index (χ1v) is 6.16. The molecule has 0 heterocycles. The van der Waals surface area contributed by atoms with E-state index in [0.717, 1.165) is 0 Å². The minimum atomic E-state index is -0.359. The van der Waals surface area contributed by atoms with Crippen molar-refractivity contribution >= 4 is 5.91 Å². The van der Waals surface area contributed by atoms with E-state index in [1.54, 1.807) is 12.1 Å². The average Bonchev–Trinajstić information content (AvgIpc) is 2.36. The number of hydrogen-bond acceptors (Lipinski definition) is 4. The second kappa shape index (κ2) is 6.43. The van der Waals surface area contributed by atoms with Gasteiger partial charge in [-0.15, -0.1) is 0 Å². The fraction of sp³-hybridized carbons (Fsp3) is 0.500. The van der Waals surface area contributed by atoms with E-state index in [0.29, 0.717) is 13.0 Å². The fourth-order valence-corrected chi connectivity index (χ4v) is 1.68. The van der Waals surface area contributed by atoms with Crippen LogP contribution in [-0.2, 0) is 0 Å². The highest BCUT2D eigenvalue weighted by molar-refractivity contribution is 5.97. The summed E-state index contributed by atoms with van der Waals surface area (Å²) in [5, 5.41) is 21.5. The molecule has 3 N–H and O–H groups in total. The molecule has 1 aromatic carbocycles. The quantitative estimate of drug-likeness (QED) is 0.730. The molecule has 0 saturated carbocycles. The highest BCUT2D eigenvalue weighted by Gasteiger charge is 2.20. The normalized spacial score (nSPS) is 11.2. The summed E-state index contributed by atoms with van der Waals surface area (Å²) in [5.41, 5.74) is -0.0158. The first-order chi connectivity index (χ1) is 8.91. The number of hydrogen-bond donors (Lipinski definition) is 3. The predicted molar refractivity (Wildman–Crippen MR) is 72.5 cm³/mol. The lowest BCUT2D eigenvalue weighted by molar-refractivity contribution is 0.0925. The van der Waals surface area contributed by atoms with Crippen LogP contribution in [0.15, 0.2) is 18.2 Å². The Morgan fingerprint density at radius 1 is 1.42 bits per heavy atom. The molecule has 0 aliphatic rings. The van der Waals surface area contributed by atoms with Gasteiger partial charge in [-0.1, -0.05) is 19.9 Å². The van der Waals surface area contributed by atoms with Crippen molar-refractivity contribution in [2.75, 3.05) is 20.3 Å². The molecule has 5 nitrogen and oxygen atoms in total. The molecular formula is C14H21NO4. The summed E-state index contributed by atoms with van der Waals surface area (Å²) in [7, 11) is 1.43. The third kappa shape index (κ3) is 4.13. The molecule has 1 aromatic rings. The van der Waals surface area contributed by atoms with Crippen LogP contribution in [0.5, 0.6) is 11.5 Å². The van der Waals surface area contributed by atoms with Gasteiger partial charge in [-0.2, -0.15) is 0 Å². The van der Waals surface area contributed by atoms with E-state index in [-0.39, 0.29) is 35.0 Å². The van der Waals surface area contributed by atoms with Crippen LogP contribution in [0.1, 0.15) is 30.6 Å². The molecule has 1 amide bonds. The maximum atomic E-state index is 12.0. The van der Waals surface area contributed by atoms with Gasteiger partial charge in [0.25, 0.3) is 5.91 Å². The maximum absolute atomic E-state index is 12.0. The predicted octanol–water partition coefficient (Wildman–Crippen LogP) is 1.54. The van der Waals surface area contributed by atoms with Crippen LogP contribution in [0.4, 0.5) is 0 Å². The fourth-order valence-electron chi connectivity index (χ4n) is 1.68. The Bertz CT molecular complexity index is 443. The van der Waals surface area contributed by atoms with E-state index in [2.05, 4.69) is 5.32 Å². The second-order valence-electron chi connectivity index (χ2n) is 5.18. The first kappa shape index (κ1) is 15.3. The zero-order chi connectivity index (χ0) is 14.5. The lowest BCUT2D eigenvalue weighted by Gasteiger charge is -2.24. The molecule has 0 atom stereocenters. The number of nitrogens with one attached hydrogen (secondary N) is 1. The van der Waals surface area contributed by atoms with Crippen molar-refractivity contribution in [3.8, 4) is 11.5 Å². The SMILES string of the molecule is COc1cccc(C(=O)NCC(C)(C)CCO)c1O. The largest absolute Gasteiger partial charge is 0.504 e. The summed E-state index contributed by atoms with van der Waals surface area (Å²) in [6, 6.07) is 4.76. The molecule has 0 saturated heterocycles. The van der Waals surface area contributed by atoms with Gasteiger partial charge in [0, 0.05) is 13.2 Å². The van der Waals surface area contributed by atoms with E-state index in [9.17, 15) is 9.90 Å². The molecular weight excluding hydrogens is 246 g/mol. The number of carbonyl (C=O) groups excluding carboxylic acids is 1. The summed E-state index contributed by atoms with van der Waals surface area (Å²) in [4.78, 5) is 12.0. The highest BCUT2D eigenvalue weighted by Crippen LogP contribution is 2.29. The van der Waals surface area contributed by atoms with Crippen LogP contribution >= 0.6 is 0 Å². The number of phenolic OH excluding ortho intramolecular Hbond substituents is 1. The van der Waals surface area contributed by atoms with Crippen LogP contribution in [-0.4, -0.2) is 36.4 Å². The Morgan fingerprint density at radius 3 is 2.68 bits per heavy atom. The molecule has 0 spiro atoms. The number of benzene rings is 1.